The van der Waals surface area contributed by atoms with Gasteiger partial charge in [-0.2, -0.15) is 5.10 Å². The number of hydrogen-bond donors (Lipinski definition) is 2. The minimum absolute atomic E-state index is 0.371. The highest BCUT2D eigenvalue weighted by molar-refractivity contribution is 5.30. The van der Waals surface area contributed by atoms with E-state index < -0.39 is 6.10 Å². The van der Waals surface area contributed by atoms with Gasteiger partial charge in [-0.1, -0.05) is 42.5 Å². The zero-order chi connectivity index (χ0) is 15.4. The summed E-state index contributed by atoms with van der Waals surface area (Å²) in [4.78, 5) is 4.38. The molecule has 0 aliphatic carbocycles. The smallest absolute Gasteiger partial charge is 0.183 e. The Morgan fingerprint density at radius 2 is 1.82 bits per heavy atom. The van der Waals surface area contributed by atoms with Crippen molar-refractivity contribution >= 4 is 0 Å². The predicted octanol–water partition coefficient (Wildman–Crippen LogP) is 2.49. The van der Waals surface area contributed by atoms with Crippen molar-refractivity contribution in [3.8, 4) is 5.75 Å². The van der Waals surface area contributed by atoms with Crippen LogP contribution in [0.2, 0.25) is 0 Å². The first-order valence-electron chi connectivity index (χ1n) is 7.03. The summed E-state index contributed by atoms with van der Waals surface area (Å²) in [7, 11) is 1.61. The van der Waals surface area contributed by atoms with E-state index in [0.717, 1.165) is 22.7 Å². The molecule has 3 rings (SSSR count). The number of H-pyrrole nitrogens is 1. The van der Waals surface area contributed by atoms with Gasteiger partial charge in [0.05, 0.1) is 7.11 Å². The summed E-state index contributed by atoms with van der Waals surface area (Å²) in [5.41, 5.74) is 1.87. The summed E-state index contributed by atoms with van der Waals surface area (Å²) < 4.78 is 5.11. The van der Waals surface area contributed by atoms with Crippen molar-refractivity contribution in [2.75, 3.05) is 7.11 Å². The van der Waals surface area contributed by atoms with Gasteiger partial charge in [-0.15, -0.1) is 0 Å². The number of rotatable bonds is 5. The zero-order valence-corrected chi connectivity index (χ0v) is 12.2. The largest absolute Gasteiger partial charge is 0.497 e. The molecule has 2 aromatic carbocycles. The summed E-state index contributed by atoms with van der Waals surface area (Å²) in [5, 5.41) is 17.3. The van der Waals surface area contributed by atoms with E-state index >= 15 is 0 Å². The zero-order valence-electron chi connectivity index (χ0n) is 12.2. The fourth-order valence-corrected chi connectivity index (χ4v) is 2.24. The Bertz CT molecular complexity index is 723. The van der Waals surface area contributed by atoms with Gasteiger partial charge in [0.25, 0.3) is 0 Å². The third kappa shape index (κ3) is 3.15. The van der Waals surface area contributed by atoms with E-state index in [9.17, 15) is 5.11 Å². The standard InChI is InChI=1S/C17H17N3O2/c1-22-14-9-7-13(8-10-14)16(21)17-18-15(19-20-17)11-12-5-3-2-4-6-12/h2-10,16,21H,11H2,1H3,(H,18,19,20)/t16-/m1/s1. The fourth-order valence-electron chi connectivity index (χ4n) is 2.24. The van der Waals surface area contributed by atoms with Crippen molar-refractivity contribution in [1.29, 1.82) is 0 Å². The molecule has 0 aliphatic rings. The molecule has 5 heteroatoms. The second kappa shape index (κ2) is 6.41. The van der Waals surface area contributed by atoms with Crippen LogP contribution in [0.4, 0.5) is 0 Å². The molecule has 1 atom stereocenters. The van der Waals surface area contributed by atoms with Gasteiger partial charge in [-0.3, -0.25) is 5.10 Å². The van der Waals surface area contributed by atoms with Crippen molar-refractivity contribution in [3.63, 3.8) is 0 Å². The highest BCUT2D eigenvalue weighted by atomic mass is 16.5. The molecule has 112 valence electrons. The number of aromatic amines is 1. The monoisotopic (exact) mass is 295 g/mol. The summed E-state index contributed by atoms with van der Waals surface area (Å²) in [6, 6.07) is 17.2. The molecule has 22 heavy (non-hydrogen) atoms. The normalized spacial score (nSPS) is 12.1. The van der Waals surface area contributed by atoms with Gasteiger partial charge in [-0.25, -0.2) is 4.98 Å². The molecule has 0 radical (unpaired) electrons. The maximum absolute atomic E-state index is 10.3. The number of aliphatic hydroxyl groups is 1. The Balaban J connectivity index is 1.74. The Morgan fingerprint density at radius 3 is 2.50 bits per heavy atom. The third-order valence-corrected chi connectivity index (χ3v) is 3.44. The van der Waals surface area contributed by atoms with Crippen LogP contribution in [-0.4, -0.2) is 27.4 Å². The highest BCUT2D eigenvalue weighted by Gasteiger charge is 2.16. The van der Waals surface area contributed by atoms with Crippen LogP contribution >= 0.6 is 0 Å². The second-order valence-corrected chi connectivity index (χ2v) is 4.98. The van der Waals surface area contributed by atoms with Crippen molar-refractivity contribution in [1.82, 2.24) is 15.2 Å². The molecule has 1 aromatic heterocycles. The summed E-state index contributed by atoms with van der Waals surface area (Å²) in [6.07, 6.45) is -0.199. The molecule has 0 bridgehead atoms. The van der Waals surface area contributed by atoms with E-state index in [-0.39, 0.29) is 0 Å². The van der Waals surface area contributed by atoms with Gasteiger partial charge in [-0.05, 0) is 23.3 Å². The Kier molecular flexibility index (Phi) is 4.16. The molecule has 0 amide bonds. The van der Waals surface area contributed by atoms with Crippen LogP contribution in [0.5, 0.6) is 5.75 Å². The lowest BCUT2D eigenvalue weighted by atomic mass is 10.1. The summed E-state index contributed by atoms with van der Waals surface area (Å²) >= 11 is 0. The number of methoxy groups -OCH3 is 1. The number of aliphatic hydroxyl groups excluding tert-OH is 1. The molecular formula is C17H17N3O2. The number of nitrogens with one attached hydrogen (secondary N) is 1. The van der Waals surface area contributed by atoms with Crippen molar-refractivity contribution < 1.29 is 9.84 Å². The van der Waals surface area contributed by atoms with E-state index in [2.05, 4.69) is 15.2 Å². The summed E-state index contributed by atoms with van der Waals surface area (Å²) in [6.45, 7) is 0. The molecular weight excluding hydrogens is 278 g/mol. The van der Waals surface area contributed by atoms with Crippen LogP contribution in [0, 0.1) is 0 Å². The molecule has 0 saturated carbocycles. The average molecular weight is 295 g/mol. The quantitative estimate of drug-likeness (QED) is 0.758. The molecule has 2 N–H and O–H groups in total. The molecule has 3 aromatic rings. The van der Waals surface area contributed by atoms with E-state index in [0.29, 0.717) is 12.2 Å². The Hall–Kier alpha value is -2.66. The van der Waals surface area contributed by atoms with E-state index in [1.807, 2.05) is 30.3 Å². The number of hydrogen-bond acceptors (Lipinski definition) is 4. The SMILES string of the molecule is COc1ccc([C@@H](O)c2n[nH]c(Cc3ccccc3)n2)cc1. The fraction of sp³-hybridized carbons (Fsp3) is 0.176. The maximum atomic E-state index is 10.3. The lowest BCUT2D eigenvalue weighted by molar-refractivity contribution is 0.210. The van der Waals surface area contributed by atoms with Gasteiger partial charge in [0.15, 0.2) is 5.82 Å². The predicted molar refractivity (Wildman–Crippen MR) is 82.7 cm³/mol. The second-order valence-electron chi connectivity index (χ2n) is 4.98. The van der Waals surface area contributed by atoms with Crippen LogP contribution in [0.3, 0.4) is 0 Å². The first-order chi connectivity index (χ1) is 10.8. The molecule has 0 spiro atoms. The van der Waals surface area contributed by atoms with Crippen LogP contribution < -0.4 is 4.74 Å². The first kappa shape index (κ1) is 14.3. The number of nitrogens with zero attached hydrogens (tertiary/aromatic N) is 2. The van der Waals surface area contributed by atoms with Gasteiger partial charge >= 0.3 is 0 Å². The lowest BCUT2D eigenvalue weighted by Crippen LogP contribution is -2.02. The molecule has 1 heterocycles. The van der Waals surface area contributed by atoms with Crippen molar-refractivity contribution in [3.05, 3.63) is 77.4 Å². The lowest BCUT2D eigenvalue weighted by Gasteiger charge is -2.07. The van der Waals surface area contributed by atoms with Crippen molar-refractivity contribution in [2.45, 2.75) is 12.5 Å². The van der Waals surface area contributed by atoms with Gasteiger partial charge in [0.1, 0.15) is 17.7 Å². The van der Waals surface area contributed by atoms with E-state index in [1.54, 1.807) is 31.4 Å². The van der Waals surface area contributed by atoms with Crippen LogP contribution in [0.15, 0.2) is 54.6 Å². The maximum Gasteiger partial charge on any atom is 0.183 e. The topological polar surface area (TPSA) is 71.0 Å². The molecule has 0 fully saturated rings. The van der Waals surface area contributed by atoms with Crippen LogP contribution in [0.25, 0.3) is 0 Å². The molecule has 0 saturated heterocycles. The van der Waals surface area contributed by atoms with E-state index in [1.165, 1.54) is 0 Å². The minimum Gasteiger partial charge on any atom is -0.497 e. The number of ether oxygens (including phenoxy) is 1. The Labute approximate surface area is 128 Å². The summed E-state index contributed by atoms with van der Waals surface area (Å²) in [5.74, 6) is 1.85. The molecule has 0 unspecified atom stereocenters. The minimum atomic E-state index is -0.855. The van der Waals surface area contributed by atoms with Gasteiger partial charge in [0, 0.05) is 6.42 Å². The number of benzene rings is 2. The first-order valence-corrected chi connectivity index (χ1v) is 7.03. The number of aromatic nitrogens is 3. The average Bonchev–Trinajstić information content (AvgIpc) is 3.04. The third-order valence-electron chi connectivity index (χ3n) is 3.44. The highest BCUT2D eigenvalue weighted by Crippen LogP contribution is 2.21. The molecule has 0 aliphatic heterocycles. The van der Waals surface area contributed by atoms with Crippen LogP contribution in [-0.2, 0) is 6.42 Å². The van der Waals surface area contributed by atoms with Gasteiger partial charge in [0.2, 0.25) is 0 Å². The molecule has 5 nitrogen and oxygen atoms in total. The Morgan fingerprint density at radius 1 is 1.09 bits per heavy atom. The van der Waals surface area contributed by atoms with Crippen LogP contribution in [0.1, 0.15) is 28.9 Å². The van der Waals surface area contributed by atoms with Gasteiger partial charge < -0.3 is 9.84 Å². The van der Waals surface area contributed by atoms with E-state index in [4.69, 9.17) is 4.74 Å². The van der Waals surface area contributed by atoms with Crippen molar-refractivity contribution in [2.24, 2.45) is 0 Å².